The highest BCUT2D eigenvalue weighted by Gasteiger charge is 2.39. The minimum Gasteiger partial charge on any atom is -0.494 e. The molecular weight excluding hydrogens is 424 g/mol. The van der Waals surface area contributed by atoms with Crippen LogP contribution in [0.15, 0.2) is 84.6 Å². The second-order valence-corrected chi connectivity index (χ2v) is 7.88. The molecule has 0 radical (unpaired) electrons. The first-order valence-corrected chi connectivity index (χ1v) is 10.8. The third kappa shape index (κ3) is 4.68. The number of imide groups is 1. The normalized spacial score (nSPS) is 13.6. The third-order valence-corrected chi connectivity index (χ3v) is 5.31. The Labute approximate surface area is 192 Å². The Morgan fingerprint density at radius 2 is 1.66 bits per heavy atom. The molecule has 0 saturated heterocycles. The number of rotatable bonds is 8. The highest BCUT2D eigenvalue weighted by atomic mass is 35.5. The second kappa shape index (κ2) is 9.71. The van der Waals surface area contributed by atoms with E-state index in [9.17, 15) is 9.59 Å². The molecule has 0 fully saturated rings. The van der Waals surface area contributed by atoms with Crippen LogP contribution in [0, 0.1) is 0 Å². The van der Waals surface area contributed by atoms with Crippen LogP contribution in [0.4, 0.5) is 5.69 Å². The lowest BCUT2D eigenvalue weighted by atomic mass is 10.0. The summed E-state index contributed by atoms with van der Waals surface area (Å²) in [6.45, 7) is 2.81. The van der Waals surface area contributed by atoms with Gasteiger partial charge in [-0.15, -0.1) is 0 Å². The van der Waals surface area contributed by atoms with E-state index in [1.165, 1.54) is 4.90 Å². The Balaban J connectivity index is 1.67. The summed E-state index contributed by atoms with van der Waals surface area (Å²) in [6.07, 6.45) is 0.896. The molecule has 0 aliphatic carbocycles. The van der Waals surface area contributed by atoms with Crippen molar-refractivity contribution in [2.75, 3.05) is 11.9 Å². The van der Waals surface area contributed by atoms with E-state index in [1.54, 1.807) is 12.1 Å². The number of carbonyl (C=O) groups is 2. The largest absolute Gasteiger partial charge is 0.494 e. The predicted molar refractivity (Wildman–Crippen MR) is 126 cm³/mol. The molecule has 1 aliphatic heterocycles. The number of benzene rings is 3. The standard InChI is InChI=1S/C26H23ClN2O3/c1-2-15-32-22-10-6-9-21(16-22)28-24-23(19-7-4-3-5-8-19)25(30)29(26(24)31)17-18-11-13-20(27)14-12-18/h3-14,16,28H,2,15,17H2,1H3. The van der Waals surface area contributed by atoms with Crippen LogP contribution >= 0.6 is 11.6 Å². The summed E-state index contributed by atoms with van der Waals surface area (Å²) in [7, 11) is 0. The zero-order chi connectivity index (χ0) is 22.5. The molecule has 0 aromatic heterocycles. The number of hydrogen-bond donors (Lipinski definition) is 1. The van der Waals surface area contributed by atoms with E-state index in [1.807, 2.05) is 73.7 Å². The van der Waals surface area contributed by atoms with Gasteiger partial charge in [0.15, 0.2) is 0 Å². The van der Waals surface area contributed by atoms with Gasteiger partial charge in [0.25, 0.3) is 11.8 Å². The molecule has 0 saturated carbocycles. The average Bonchev–Trinajstić information content (AvgIpc) is 3.04. The molecule has 3 aromatic carbocycles. The minimum absolute atomic E-state index is 0.163. The molecule has 0 bridgehead atoms. The molecule has 1 aliphatic rings. The van der Waals surface area contributed by atoms with Gasteiger partial charge in [0.05, 0.1) is 18.7 Å². The number of ether oxygens (including phenoxy) is 1. The molecule has 0 spiro atoms. The number of amides is 2. The van der Waals surface area contributed by atoms with Gasteiger partial charge in [-0.05, 0) is 41.8 Å². The molecule has 3 aromatic rings. The van der Waals surface area contributed by atoms with Gasteiger partial charge in [-0.1, -0.05) is 67.1 Å². The molecule has 6 heteroatoms. The predicted octanol–water partition coefficient (Wildman–Crippen LogP) is 5.52. The van der Waals surface area contributed by atoms with Gasteiger partial charge in [-0.25, -0.2) is 0 Å². The zero-order valence-electron chi connectivity index (χ0n) is 17.7. The van der Waals surface area contributed by atoms with E-state index >= 15 is 0 Å². The first-order chi connectivity index (χ1) is 15.6. The molecule has 5 nitrogen and oxygen atoms in total. The molecule has 2 amide bonds. The topological polar surface area (TPSA) is 58.6 Å². The molecule has 1 N–H and O–H groups in total. The molecule has 162 valence electrons. The van der Waals surface area contributed by atoms with Gasteiger partial charge in [0.2, 0.25) is 0 Å². The smallest absolute Gasteiger partial charge is 0.278 e. The summed E-state index contributed by atoms with van der Waals surface area (Å²) in [4.78, 5) is 28.0. The van der Waals surface area contributed by atoms with Gasteiger partial charge in [-0.2, -0.15) is 0 Å². The fourth-order valence-corrected chi connectivity index (χ4v) is 3.63. The number of anilines is 1. The van der Waals surface area contributed by atoms with Crippen LogP contribution in [-0.2, 0) is 16.1 Å². The maximum atomic E-state index is 13.4. The van der Waals surface area contributed by atoms with E-state index in [0.29, 0.717) is 34.2 Å². The molecule has 1 heterocycles. The molecule has 32 heavy (non-hydrogen) atoms. The van der Waals surface area contributed by atoms with Crippen LogP contribution in [0.25, 0.3) is 5.57 Å². The molecule has 0 atom stereocenters. The van der Waals surface area contributed by atoms with Gasteiger partial charge in [-0.3, -0.25) is 14.5 Å². The van der Waals surface area contributed by atoms with Crippen molar-refractivity contribution in [1.82, 2.24) is 4.90 Å². The van der Waals surface area contributed by atoms with Crippen LogP contribution in [0.1, 0.15) is 24.5 Å². The number of carbonyl (C=O) groups excluding carboxylic acids is 2. The molecule has 4 rings (SSSR count). The van der Waals surface area contributed by atoms with Crippen LogP contribution in [0.2, 0.25) is 5.02 Å². The number of hydrogen-bond acceptors (Lipinski definition) is 4. The summed E-state index contributed by atoms with van der Waals surface area (Å²) >= 11 is 5.97. The highest BCUT2D eigenvalue weighted by molar-refractivity contribution is 6.36. The summed E-state index contributed by atoms with van der Waals surface area (Å²) in [5.41, 5.74) is 2.79. The highest BCUT2D eigenvalue weighted by Crippen LogP contribution is 2.32. The van der Waals surface area contributed by atoms with E-state index in [-0.39, 0.29) is 24.1 Å². The maximum Gasteiger partial charge on any atom is 0.278 e. The van der Waals surface area contributed by atoms with Gasteiger partial charge < -0.3 is 10.1 Å². The Morgan fingerprint density at radius 1 is 0.906 bits per heavy atom. The lowest BCUT2D eigenvalue weighted by Gasteiger charge is -2.15. The Bertz CT molecular complexity index is 1160. The minimum atomic E-state index is -0.372. The molecule has 0 unspecified atom stereocenters. The van der Waals surface area contributed by atoms with Gasteiger partial charge in [0.1, 0.15) is 11.4 Å². The molecular formula is C26H23ClN2O3. The van der Waals surface area contributed by atoms with Crippen molar-refractivity contribution in [3.63, 3.8) is 0 Å². The number of halogens is 1. The summed E-state index contributed by atoms with van der Waals surface area (Å²) in [5.74, 6) is -0.00535. The lowest BCUT2D eigenvalue weighted by Crippen LogP contribution is -2.32. The monoisotopic (exact) mass is 446 g/mol. The summed E-state index contributed by atoms with van der Waals surface area (Å²) in [5, 5.41) is 3.78. The van der Waals surface area contributed by atoms with Crippen molar-refractivity contribution in [2.45, 2.75) is 19.9 Å². The lowest BCUT2D eigenvalue weighted by molar-refractivity contribution is -0.137. The zero-order valence-corrected chi connectivity index (χ0v) is 18.4. The van der Waals surface area contributed by atoms with Crippen LogP contribution < -0.4 is 10.1 Å². The summed E-state index contributed by atoms with van der Waals surface area (Å²) < 4.78 is 5.70. The first kappa shape index (κ1) is 21.7. The van der Waals surface area contributed by atoms with E-state index in [2.05, 4.69) is 5.32 Å². The second-order valence-electron chi connectivity index (χ2n) is 7.44. The Kier molecular flexibility index (Phi) is 6.57. The summed E-state index contributed by atoms with van der Waals surface area (Å²) in [6, 6.07) is 23.7. The van der Waals surface area contributed by atoms with Gasteiger partial charge in [0, 0.05) is 16.8 Å². The van der Waals surface area contributed by atoms with Crippen LogP contribution in [-0.4, -0.2) is 23.3 Å². The Morgan fingerprint density at radius 3 is 2.38 bits per heavy atom. The fraction of sp³-hybridized carbons (Fsp3) is 0.154. The quantitative estimate of drug-likeness (QED) is 0.463. The third-order valence-electron chi connectivity index (χ3n) is 5.06. The number of nitrogens with zero attached hydrogens (tertiary/aromatic N) is 1. The van der Waals surface area contributed by atoms with E-state index in [4.69, 9.17) is 16.3 Å². The first-order valence-electron chi connectivity index (χ1n) is 10.5. The van der Waals surface area contributed by atoms with Crippen molar-refractivity contribution in [2.24, 2.45) is 0 Å². The van der Waals surface area contributed by atoms with Crippen molar-refractivity contribution in [1.29, 1.82) is 0 Å². The van der Waals surface area contributed by atoms with Crippen LogP contribution in [0.3, 0.4) is 0 Å². The number of nitrogens with one attached hydrogen (secondary N) is 1. The van der Waals surface area contributed by atoms with E-state index in [0.717, 1.165) is 12.0 Å². The van der Waals surface area contributed by atoms with Gasteiger partial charge >= 0.3 is 0 Å². The van der Waals surface area contributed by atoms with Crippen LogP contribution in [0.5, 0.6) is 5.75 Å². The maximum absolute atomic E-state index is 13.4. The van der Waals surface area contributed by atoms with Crippen molar-refractivity contribution in [3.05, 3.63) is 101 Å². The van der Waals surface area contributed by atoms with Crippen molar-refractivity contribution < 1.29 is 14.3 Å². The van der Waals surface area contributed by atoms with Crippen molar-refractivity contribution >= 4 is 34.7 Å². The SMILES string of the molecule is CCCOc1cccc(NC2=C(c3ccccc3)C(=O)N(Cc3ccc(Cl)cc3)C2=O)c1. The average molecular weight is 447 g/mol. The fourth-order valence-electron chi connectivity index (χ4n) is 3.51. The van der Waals surface area contributed by atoms with Crippen molar-refractivity contribution in [3.8, 4) is 5.75 Å². The van der Waals surface area contributed by atoms with E-state index < -0.39 is 0 Å². The Hall–Kier alpha value is -3.57.